The predicted octanol–water partition coefficient (Wildman–Crippen LogP) is 2.96. The van der Waals surface area contributed by atoms with Crippen molar-refractivity contribution in [1.82, 2.24) is 0 Å². The quantitative estimate of drug-likeness (QED) is 0.729. The summed E-state index contributed by atoms with van der Waals surface area (Å²) in [6.07, 6.45) is 0.737. The van der Waals surface area contributed by atoms with Gasteiger partial charge in [-0.3, -0.25) is 9.59 Å². The number of carbonyl (C=O) groups is 2. The van der Waals surface area contributed by atoms with Gasteiger partial charge in [0, 0.05) is 25.4 Å². The molecule has 1 aromatic rings. The lowest BCUT2D eigenvalue weighted by Gasteiger charge is -2.37. The monoisotopic (exact) mass is 274 g/mol. The molecule has 0 fully saturated rings. The summed E-state index contributed by atoms with van der Waals surface area (Å²) in [6.45, 7) is 9.27. The maximum Gasteiger partial charge on any atom is 0.224 e. The highest BCUT2D eigenvalue weighted by Crippen LogP contribution is 2.41. The average molecular weight is 274 g/mol. The van der Waals surface area contributed by atoms with E-state index >= 15 is 0 Å². The van der Waals surface area contributed by atoms with Crippen molar-refractivity contribution in [3.8, 4) is 0 Å². The van der Waals surface area contributed by atoms with Crippen LogP contribution in [0.15, 0.2) is 24.3 Å². The van der Waals surface area contributed by atoms with Gasteiger partial charge in [0.25, 0.3) is 0 Å². The molecule has 4 nitrogen and oxygen atoms in total. The highest BCUT2D eigenvalue weighted by Gasteiger charge is 2.39. The molecule has 20 heavy (non-hydrogen) atoms. The Morgan fingerprint density at radius 1 is 1.10 bits per heavy atom. The molecular weight excluding hydrogens is 252 g/mol. The lowest BCUT2D eigenvalue weighted by atomic mass is 9.93. The lowest BCUT2D eigenvalue weighted by Crippen LogP contribution is -2.48. The summed E-state index contributed by atoms with van der Waals surface area (Å²) < 4.78 is 0. The van der Waals surface area contributed by atoms with Crippen LogP contribution >= 0.6 is 0 Å². The Bertz CT molecular complexity index is 551. The number of anilines is 2. The second-order valence-electron chi connectivity index (χ2n) is 6.10. The zero-order chi connectivity index (χ0) is 15.1. The van der Waals surface area contributed by atoms with E-state index in [4.69, 9.17) is 0 Å². The van der Waals surface area contributed by atoms with Crippen LogP contribution in [0.5, 0.6) is 0 Å². The van der Waals surface area contributed by atoms with Gasteiger partial charge in [0.1, 0.15) is 0 Å². The maximum absolute atomic E-state index is 12.1. The van der Waals surface area contributed by atoms with Gasteiger partial charge in [-0.1, -0.05) is 12.1 Å². The largest absolute Gasteiger partial charge is 0.308 e. The zero-order valence-electron chi connectivity index (χ0n) is 12.8. The standard InChI is InChI=1S/C16H22N2O2/c1-11-10-16(4,5)18(13(3)20)15-9-7-6-8-14(15)17(11)12(2)19/h6-9,11H,10H2,1-5H3. The van der Waals surface area contributed by atoms with Gasteiger partial charge < -0.3 is 9.80 Å². The molecular formula is C16H22N2O2. The molecule has 0 N–H and O–H groups in total. The second-order valence-corrected chi connectivity index (χ2v) is 6.10. The van der Waals surface area contributed by atoms with Crippen LogP contribution in [0, 0.1) is 0 Å². The minimum Gasteiger partial charge on any atom is -0.308 e. The third-order valence-electron chi connectivity index (χ3n) is 3.88. The van der Waals surface area contributed by atoms with Gasteiger partial charge in [-0.05, 0) is 39.3 Å². The number of benzene rings is 1. The number of para-hydroxylation sites is 2. The Balaban J connectivity index is 2.70. The van der Waals surface area contributed by atoms with Crippen molar-refractivity contribution in [1.29, 1.82) is 0 Å². The molecule has 4 heteroatoms. The Morgan fingerprint density at radius 3 is 2.15 bits per heavy atom. The first-order chi connectivity index (χ1) is 9.25. The fourth-order valence-electron chi connectivity index (χ4n) is 3.40. The van der Waals surface area contributed by atoms with Crippen molar-refractivity contribution in [3.63, 3.8) is 0 Å². The van der Waals surface area contributed by atoms with Gasteiger partial charge in [-0.25, -0.2) is 0 Å². The highest BCUT2D eigenvalue weighted by molar-refractivity contribution is 6.02. The Kier molecular flexibility index (Phi) is 3.59. The van der Waals surface area contributed by atoms with Crippen molar-refractivity contribution in [2.45, 2.75) is 52.6 Å². The Labute approximate surface area is 120 Å². The van der Waals surface area contributed by atoms with Gasteiger partial charge in [-0.2, -0.15) is 0 Å². The smallest absolute Gasteiger partial charge is 0.224 e. The summed E-state index contributed by atoms with van der Waals surface area (Å²) in [6, 6.07) is 7.67. The summed E-state index contributed by atoms with van der Waals surface area (Å²) in [5.74, 6) is 0.00574. The molecule has 1 unspecified atom stereocenters. The number of amides is 2. The molecule has 1 aliphatic heterocycles. The minimum atomic E-state index is -0.328. The third kappa shape index (κ3) is 2.30. The first-order valence-electron chi connectivity index (χ1n) is 6.95. The highest BCUT2D eigenvalue weighted by atomic mass is 16.2. The van der Waals surface area contributed by atoms with Crippen LogP contribution < -0.4 is 9.80 Å². The van der Waals surface area contributed by atoms with E-state index in [0.717, 1.165) is 17.8 Å². The number of fused-ring (bicyclic) bond motifs is 1. The number of rotatable bonds is 0. The van der Waals surface area contributed by atoms with Crippen LogP contribution in [-0.2, 0) is 9.59 Å². The van der Waals surface area contributed by atoms with Crippen LogP contribution in [0.2, 0.25) is 0 Å². The summed E-state index contributed by atoms with van der Waals surface area (Å²) in [5.41, 5.74) is 1.30. The van der Waals surface area contributed by atoms with Gasteiger partial charge in [0.2, 0.25) is 11.8 Å². The van der Waals surface area contributed by atoms with Crippen LogP contribution in [0.25, 0.3) is 0 Å². The molecule has 0 bridgehead atoms. The topological polar surface area (TPSA) is 40.6 Å². The van der Waals surface area contributed by atoms with Gasteiger partial charge in [-0.15, -0.1) is 0 Å². The van der Waals surface area contributed by atoms with E-state index in [9.17, 15) is 9.59 Å². The van der Waals surface area contributed by atoms with E-state index in [1.165, 1.54) is 0 Å². The molecule has 1 aromatic carbocycles. The van der Waals surface area contributed by atoms with Gasteiger partial charge >= 0.3 is 0 Å². The molecule has 2 amide bonds. The average Bonchev–Trinajstić information content (AvgIpc) is 2.37. The van der Waals surface area contributed by atoms with Crippen molar-refractivity contribution < 1.29 is 9.59 Å². The van der Waals surface area contributed by atoms with Crippen molar-refractivity contribution in [2.75, 3.05) is 9.80 Å². The second kappa shape index (κ2) is 4.93. The van der Waals surface area contributed by atoms with Crippen molar-refractivity contribution >= 4 is 23.2 Å². The van der Waals surface area contributed by atoms with Crippen LogP contribution in [0.4, 0.5) is 11.4 Å². The van der Waals surface area contributed by atoms with E-state index in [-0.39, 0.29) is 23.4 Å². The molecule has 0 saturated heterocycles. The molecule has 1 aliphatic rings. The molecule has 0 aliphatic carbocycles. The van der Waals surface area contributed by atoms with E-state index in [0.29, 0.717) is 0 Å². The van der Waals surface area contributed by atoms with Crippen molar-refractivity contribution in [2.24, 2.45) is 0 Å². The van der Waals surface area contributed by atoms with Crippen molar-refractivity contribution in [3.05, 3.63) is 24.3 Å². The molecule has 2 rings (SSSR count). The first kappa shape index (κ1) is 14.6. The number of hydrogen-bond donors (Lipinski definition) is 0. The summed E-state index contributed by atoms with van der Waals surface area (Å²) in [5, 5.41) is 0. The van der Waals surface area contributed by atoms with Gasteiger partial charge in [0.05, 0.1) is 11.4 Å². The zero-order valence-corrected chi connectivity index (χ0v) is 12.8. The first-order valence-corrected chi connectivity index (χ1v) is 6.95. The lowest BCUT2D eigenvalue weighted by molar-refractivity contribution is -0.117. The van der Waals surface area contributed by atoms with Gasteiger partial charge in [0.15, 0.2) is 0 Å². The molecule has 1 heterocycles. The molecule has 0 spiro atoms. The van der Waals surface area contributed by atoms with Crippen LogP contribution in [-0.4, -0.2) is 23.4 Å². The van der Waals surface area contributed by atoms with Crippen LogP contribution in [0.1, 0.15) is 41.0 Å². The number of hydrogen-bond acceptors (Lipinski definition) is 2. The fraction of sp³-hybridized carbons (Fsp3) is 0.500. The number of nitrogens with zero attached hydrogens (tertiary/aromatic N) is 2. The Morgan fingerprint density at radius 2 is 1.65 bits per heavy atom. The normalized spacial score (nSPS) is 21.1. The number of carbonyl (C=O) groups excluding carboxylic acids is 2. The van der Waals surface area contributed by atoms with E-state index in [1.54, 1.807) is 18.7 Å². The minimum absolute atomic E-state index is 0.0000482. The van der Waals surface area contributed by atoms with E-state index in [2.05, 4.69) is 0 Å². The predicted molar refractivity (Wildman–Crippen MR) is 80.9 cm³/mol. The van der Waals surface area contributed by atoms with E-state index in [1.807, 2.05) is 49.9 Å². The van der Waals surface area contributed by atoms with E-state index < -0.39 is 0 Å². The third-order valence-corrected chi connectivity index (χ3v) is 3.88. The summed E-state index contributed by atoms with van der Waals surface area (Å²) >= 11 is 0. The molecule has 108 valence electrons. The Hall–Kier alpha value is -1.84. The van der Waals surface area contributed by atoms with Crippen LogP contribution in [0.3, 0.4) is 0 Å². The molecule has 0 saturated carbocycles. The summed E-state index contributed by atoms with van der Waals surface area (Å²) in [4.78, 5) is 27.8. The molecule has 0 aromatic heterocycles. The molecule has 1 atom stereocenters. The fourth-order valence-corrected chi connectivity index (χ4v) is 3.40. The molecule has 0 radical (unpaired) electrons. The maximum atomic E-state index is 12.1. The summed E-state index contributed by atoms with van der Waals surface area (Å²) in [7, 11) is 0. The SMILES string of the molecule is CC(=O)N1c2ccccc2N(C(C)=O)C(C)(C)CC1C.